The highest BCUT2D eigenvalue weighted by atomic mass is 32.2. The zero-order valence-corrected chi connectivity index (χ0v) is 13.5. The fraction of sp³-hybridized carbons (Fsp3) is 0.500. The van der Waals surface area contributed by atoms with Gasteiger partial charge in [-0.2, -0.15) is 0 Å². The highest BCUT2D eigenvalue weighted by Gasteiger charge is 2.29. The predicted octanol–water partition coefficient (Wildman–Crippen LogP) is 2.67. The van der Waals surface area contributed by atoms with E-state index in [-0.39, 0.29) is 5.57 Å². The molecule has 0 spiro atoms. The summed E-state index contributed by atoms with van der Waals surface area (Å²) in [5, 5.41) is 10.7. The average Bonchev–Trinajstić information content (AvgIpc) is 2.76. The number of hydrogen-bond acceptors (Lipinski definition) is 5. The van der Waals surface area contributed by atoms with E-state index in [1.165, 1.54) is 19.5 Å². The van der Waals surface area contributed by atoms with Gasteiger partial charge in [-0.1, -0.05) is 17.7 Å². The van der Waals surface area contributed by atoms with Gasteiger partial charge in [-0.3, -0.25) is 15.1 Å². The lowest BCUT2D eigenvalue weighted by molar-refractivity contribution is -0.415. The van der Waals surface area contributed by atoms with E-state index in [1.54, 1.807) is 6.08 Å². The summed E-state index contributed by atoms with van der Waals surface area (Å²) >= 11 is 0. The smallest absolute Gasteiger partial charge is 0.271 e. The second kappa shape index (κ2) is 6.80. The van der Waals surface area contributed by atoms with Crippen molar-refractivity contribution in [2.45, 2.75) is 33.1 Å². The van der Waals surface area contributed by atoms with E-state index in [4.69, 9.17) is 0 Å². The normalized spacial score (nSPS) is 18.4. The standard InChI is InChI=1S/C14H20N2O4S/c1-10-6-5-7-12(10)9-8-11(2)13(16(17)18)14(15-3)21(4,19)20/h8-9H,5-7H2,1-4H3/b9-8-,13-11-,15-14?. The molecule has 0 saturated heterocycles. The maximum absolute atomic E-state index is 11.6. The molecular weight excluding hydrogens is 292 g/mol. The Morgan fingerprint density at radius 1 is 1.38 bits per heavy atom. The van der Waals surface area contributed by atoms with Gasteiger partial charge in [0.1, 0.15) is 0 Å². The molecule has 0 bridgehead atoms. The molecule has 116 valence electrons. The molecule has 0 atom stereocenters. The second-order valence-electron chi connectivity index (χ2n) is 5.08. The van der Waals surface area contributed by atoms with Gasteiger partial charge in [0.15, 0.2) is 9.84 Å². The highest BCUT2D eigenvalue weighted by Crippen LogP contribution is 2.26. The van der Waals surface area contributed by atoms with Crippen molar-refractivity contribution >= 4 is 14.9 Å². The molecule has 21 heavy (non-hydrogen) atoms. The van der Waals surface area contributed by atoms with Gasteiger partial charge < -0.3 is 0 Å². The first kappa shape index (κ1) is 17.3. The number of rotatable bonds is 4. The molecule has 1 aliphatic carbocycles. The minimum absolute atomic E-state index is 0.276. The van der Waals surface area contributed by atoms with Crippen molar-refractivity contribution in [1.29, 1.82) is 0 Å². The van der Waals surface area contributed by atoms with Gasteiger partial charge in [-0.15, -0.1) is 0 Å². The van der Waals surface area contributed by atoms with Crippen molar-refractivity contribution in [2.24, 2.45) is 4.99 Å². The number of aliphatic imine (C=N–C) groups is 1. The van der Waals surface area contributed by atoms with E-state index in [2.05, 4.69) is 4.99 Å². The van der Waals surface area contributed by atoms with Crippen molar-refractivity contribution in [3.8, 4) is 0 Å². The third-order valence-electron chi connectivity index (χ3n) is 3.39. The molecule has 0 heterocycles. The summed E-state index contributed by atoms with van der Waals surface area (Å²) in [4.78, 5) is 14.1. The van der Waals surface area contributed by atoms with E-state index >= 15 is 0 Å². The van der Waals surface area contributed by atoms with Crippen LogP contribution in [0.1, 0.15) is 33.1 Å². The van der Waals surface area contributed by atoms with Crippen LogP contribution in [0.3, 0.4) is 0 Å². The summed E-state index contributed by atoms with van der Waals surface area (Å²) in [6, 6.07) is 0. The van der Waals surface area contributed by atoms with Crippen molar-refractivity contribution < 1.29 is 13.3 Å². The zero-order valence-electron chi connectivity index (χ0n) is 12.7. The molecule has 0 N–H and O–H groups in total. The van der Waals surface area contributed by atoms with Gasteiger partial charge in [0, 0.05) is 18.9 Å². The van der Waals surface area contributed by atoms with E-state index in [0.717, 1.165) is 31.1 Å². The lowest BCUT2D eigenvalue weighted by atomic mass is 10.1. The molecule has 7 heteroatoms. The molecule has 0 unspecified atom stereocenters. The second-order valence-corrected chi connectivity index (χ2v) is 7.01. The zero-order chi connectivity index (χ0) is 16.2. The lowest BCUT2D eigenvalue weighted by Crippen LogP contribution is -2.21. The number of nitrogens with zero attached hydrogens (tertiary/aromatic N) is 2. The van der Waals surface area contributed by atoms with E-state index in [1.807, 2.05) is 13.0 Å². The monoisotopic (exact) mass is 312 g/mol. The Bertz CT molecular complexity index is 667. The minimum Gasteiger partial charge on any atom is -0.271 e. The number of nitro groups is 1. The van der Waals surface area contributed by atoms with Crippen LogP contribution in [-0.2, 0) is 9.84 Å². The van der Waals surface area contributed by atoms with Crippen molar-refractivity contribution in [2.75, 3.05) is 13.3 Å². The number of hydrogen-bond donors (Lipinski definition) is 0. The Labute approximate surface area is 125 Å². The Morgan fingerprint density at radius 2 is 2.00 bits per heavy atom. The molecule has 0 aliphatic heterocycles. The molecule has 0 aromatic rings. The molecule has 0 radical (unpaired) electrons. The molecule has 0 amide bonds. The van der Waals surface area contributed by atoms with Crippen LogP contribution in [0.15, 0.2) is 39.6 Å². The maximum atomic E-state index is 11.6. The fourth-order valence-electron chi connectivity index (χ4n) is 2.29. The van der Waals surface area contributed by atoms with Gasteiger partial charge in [-0.05, 0) is 38.7 Å². The summed E-state index contributed by atoms with van der Waals surface area (Å²) in [6.07, 6.45) is 7.41. The quantitative estimate of drug-likeness (QED) is 0.262. The van der Waals surface area contributed by atoms with Gasteiger partial charge >= 0.3 is 5.70 Å². The molecule has 0 saturated carbocycles. The first-order valence-electron chi connectivity index (χ1n) is 6.57. The van der Waals surface area contributed by atoms with Crippen molar-refractivity contribution in [1.82, 2.24) is 0 Å². The van der Waals surface area contributed by atoms with Crippen molar-refractivity contribution in [3.63, 3.8) is 0 Å². The molecule has 0 aromatic carbocycles. The Morgan fingerprint density at radius 3 is 2.38 bits per heavy atom. The van der Waals surface area contributed by atoms with E-state index in [0.29, 0.717) is 0 Å². The van der Waals surface area contributed by atoms with Gasteiger partial charge in [0.2, 0.25) is 5.04 Å². The molecule has 1 rings (SSSR count). The summed E-state index contributed by atoms with van der Waals surface area (Å²) in [5.41, 5.74) is 2.24. The van der Waals surface area contributed by atoms with Gasteiger partial charge in [0.05, 0.1) is 4.92 Å². The SMILES string of the molecule is CN=C(/C(=C(C)/C=C\C1=C(C)CCC1)[N+](=O)[O-])S(C)(=O)=O. The minimum atomic E-state index is -3.75. The van der Waals surface area contributed by atoms with E-state index < -0.39 is 25.5 Å². The summed E-state index contributed by atoms with van der Waals surface area (Å²) in [5.74, 6) is 0. The lowest BCUT2D eigenvalue weighted by Gasteiger charge is -2.03. The number of allylic oxidation sites excluding steroid dienone is 5. The van der Waals surface area contributed by atoms with Crippen LogP contribution in [-0.4, -0.2) is 31.7 Å². The molecule has 1 aliphatic rings. The third-order valence-corrected chi connectivity index (χ3v) is 4.47. The van der Waals surface area contributed by atoms with Crippen LogP contribution < -0.4 is 0 Å². The molecule has 0 fully saturated rings. The Balaban J connectivity index is 3.29. The van der Waals surface area contributed by atoms with Crippen LogP contribution >= 0.6 is 0 Å². The molecule has 0 aromatic heterocycles. The van der Waals surface area contributed by atoms with Crippen LogP contribution in [0.25, 0.3) is 0 Å². The summed E-state index contributed by atoms with van der Waals surface area (Å²) in [6.45, 7) is 3.56. The highest BCUT2D eigenvalue weighted by molar-refractivity contribution is 8.06. The first-order chi connectivity index (χ1) is 9.68. The Kier molecular flexibility index (Phi) is 5.60. The van der Waals surface area contributed by atoms with Crippen molar-refractivity contribution in [3.05, 3.63) is 44.7 Å². The predicted molar refractivity (Wildman–Crippen MR) is 83.6 cm³/mol. The average molecular weight is 312 g/mol. The van der Waals surface area contributed by atoms with Crippen LogP contribution in [0.2, 0.25) is 0 Å². The van der Waals surface area contributed by atoms with Crippen LogP contribution in [0.5, 0.6) is 0 Å². The largest absolute Gasteiger partial charge is 0.308 e. The van der Waals surface area contributed by atoms with Crippen LogP contribution in [0.4, 0.5) is 0 Å². The topological polar surface area (TPSA) is 89.6 Å². The Hall–Kier alpha value is -1.76. The fourth-order valence-corrected chi connectivity index (χ4v) is 3.20. The number of sulfone groups is 1. The third kappa shape index (κ3) is 4.35. The summed E-state index contributed by atoms with van der Waals surface area (Å²) in [7, 11) is -2.51. The van der Waals surface area contributed by atoms with E-state index in [9.17, 15) is 18.5 Å². The van der Waals surface area contributed by atoms with Crippen LogP contribution in [0, 0.1) is 10.1 Å². The first-order valence-corrected chi connectivity index (χ1v) is 8.46. The van der Waals surface area contributed by atoms with Gasteiger partial charge in [-0.25, -0.2) is 8.42 Å². The molecule has 6 nitrogen and oxygen atoms in total. The molecular formula is C14H20N2O4S. The summed E-state index contributed by atoms with van der Waals surface area (Å²) < 4.78 is 23.2. The maximum Gasteiger partial charge on any atom is 0.308 e. The van der Waals surface area contributed by atoms with Gasteiger partial charge in [0.25, 0.3) is 0 Å².